The van der Waals surface area contributed by atoms with Crippen molar-refractivity contribution in [2.24, 2.45) is 23.2 Å². The number of carbonyl (C=O) groups is 2. The summed E-state index contributed by atoms with van der Waals surface area (Å²) in [5.41, 5.74) is 3.29. The number of rotatable bonds is 16. The second-order valence-electron chi connectivity index (χ2n) is 12.2. The van der Waals surface area contributed by atoms with Crippen LogP contribution >= 0.6 is 0 Å². The van der Waals surface area contributed by atoms with Gasteiger partial charge in [0.05, 0.1) is 0 Å². The molecule has 0 bridgehead atoms. The van der Waals surface area contributed by atoms with Crippen molar-refractivity contribution in [3.8, 4) is 12.3 Å². The maximum absolute atomic E-state index is 13.1. The number of carbonyl (C=O) groups excluding carboxylic acids is 2. The topological polar surface area (TPSA) is 58.2 Å². The molecule has 0 saturated heterocycles. The van der Waals surface area contributed by atoms with Crippen LogP contribution in [0.1, 0.15) is 127 Å². The number of nitrogens with one attached hydrogen (secondary N) is 2. The quantitative estimate of drug-likeness (QED) is 0.111. The fraction of sp³-hybridized carbons (Fsp3) is 0.600. The van der Waals surface area contributed by atoms with Gasteiger partial charge in [-0.1, -0.05) is 118 Å². The summed E-state index contributed by atoms with van der Waals surface area (Å²) < 4.78 is 0. The monoisotopic (exact) mass is 609 g/mol. The molecule has 1 aromatic rings. The Balaban J connectivity index is -0.00000109. The third kappa shape index (κ3) is 24.4. The SMILES string of the molecule is C#CC.C/C=C\CC(C)(C)C.C=C(CC(CC(=O)/C=C/C)C(=O)NCC(CC)CCC(C)CC)c1ccccc1NC.CC. The van der Waals surface area contributed by atoms with E-state index in [0.717, 1.165) is 29.7 Å². The lowest BCUT2D eigenvalue weighted by Gasteiger charge is -2.22. The largest absolute Gasteiger partial charge is 0.388 e. The molecule has 0 radical (unpaired) electrons. The molecule has 0 fully saturated rings. The van der Waals surface area contributed by atoms with Crippen molar-refractivity contribution in [1.29, 1.82) is 0 Å². The molecule has 44 heavy (non-hydrogen) atoms. The standard InChI is InChI=1S/C27H42N2O2.C8H16.C3H4.C2H6/c1-7-12-24(30)18-23(17-21(5)25-13-10-11-14-26(25)28-6)27(31)29-19-22(9-3)16-15-20(4)8-2;1-5-6-7-8(2,3)4;1-3-2;1-2/h7,10-14,20,22-23,28H,5,8-9,15-19H2,1-4,6H3,(H,29,31);5-6H,7H2,1-4H3;1H,2H3;1-2H3/b12-7+;6-5-;;. The van der Waals surface area contributed by atoms with Gasteiger partial charge in [0.25, 0.3) is 0 Å². The first-order valence-corrected chi connectivity index (χ1v) is 16.7. The zero-order valence-corrected chi connectivity index (χ0v) is 30.6. The average molecular weight is 609 g/mol. The van der Waals surface area contributed by atoms with Gasteiger partial charge in [0.15, 0.2) is 5.78 Å². The van der Waals surface area contributed by atoms with E-state index in [1.54, 1.807) is 19.1 Å². The van der Waals surface area contributed by atoms with E-state index in [1.807, 2.05) is 52.1 Å². The van der Waals surface area contributed by atoms with E-state index in [4.69, 9.17) is 0 Å². The molecule has 0 saturated carbocycles. The van der Waals surface area contributed by atoms with Crippen LogP contribution in [0.4, 0.5) is 5.69 Å². The first kappa shape index (κ1) is 45.4. The molecule has 250 valence electrons. The number of ketones is 1. The minimum atomic E-state index is -0.423. The Kier molecular flexibility index (Phi) is 29.6. The molecule has 0 aliphatic rings. The third-order valence-electron chi connectivity index (χ3n) is 7.11. The van der Waals surface area contributed by atoms with Crippen molar-refractivity contribution < 1.29 is 9.59 Å². The molecule has 4 nitrogen and oxygen atoms in total. The smallest absolute Gasteiger partial charge is 0.223 e. The highest BCUT2D eigenvalue weighted by Crippen LogP contribution is 2.29. The van der Waals surface area contributed by atoms with Gasteiger partial charge in [-0.2, -0.15) is 0 Å². The number of amides is 1. The minimum absolute atomic E-state index is 0.0267. The van der Waals surface area contributed by atoms with E-state index in [2.05, 4.69) is 90.2 Å². The lowest BCUT2D eigenvalue weighted by molar-refractivity contribution is -0.128. The van der Waals surface area contributed by atoms with Crippen LogP contribution in [0.25, 0.3) is 5.57 Å². The van der Waals surface area contributed by atoms with Gasteiger partial charge in [-0.15, -0.1) is 12.3 Å². The first-order chi connectivity index (χ1) is 20.8. The summed E-state index contributed by atoms with van der Waals surface area (Å²) in [6.07, 6.45) is 18.6. The van der Waals surface area contributed by atoms with Gasteiger partial charge >= 0.3 is 0 Å². The van der Waals surface area contributed by atoms with Crippen LogP contribution in [0.2, 0.25) is 0 Å². The van der Waals surface area contributed by atoms with Crippen molar-refractivity contribution in [1.82, 2.24) is 5.32 Å². The summed E-state index contributed by atoms with van der Waals surface area (Å²) in [5, 5.41) is 6.31. The molecule has 0 aliphatic heterocycles. The zero-order valence-electron chi connectivity index (χ0n) is 30.6. The molecule has 1 aromatic carbocycles. The fourth-order valence-corrected chi connectivity index (χ4v) is 4.21. The second-order valence-corrected chi connectivity index (χ2v) is 12.2. The third-order valence-corrected chi connectivity index (χ3v) is 7.11. The number of hydrogen-bond donors (Lipinski definition) is 2. The average Bonchev–Trinajstić information content (AvgIpc) is 3.00. The summed E-state index contributed by atoms with van der Waals surface area (Å²) in [7, 11) is 1.87. The zero-order chi connectivity index (χ0) is 34.6. The molecule has 0 aliphatic carbocycles. The second kappa shape index (κ2) is 28.7. The Morgan fingerprint density at radius 1 is 1.02 bits per heavy atom. The Labute approximate surface area is 273 Å². The van der Waals surface area contributed by atoms with Crippen LogP contribution in [-0.2, 0) is 9.59 Å². The summed E-state index contributed by atoms with van der Waals surface area (Å²) in [5.74, 6) is 2.93. The number of allylic oxidation sites excluding steroid dienone is 5. The maximum atomic E-state index is 13.1. The molecular weight excluding hydrogens is 540 g/mol. The van der Waals surface area contributed by atoms with E-state index in [1.165, 1.54) is 19.3 Å². The Bertz CT molecular complexity index is 991. The minimum Gasteiger partial charge on any atom is -0.388 e. The lowest BCUT2D eigenvalue weighted by atomic mass is 9.89. The Morgan fingerprint density at radius 3 is 2.07 bits per heavy atom. The molecule has 2 N–H and O–H groups in total. The summed E-state index contributed by atoms with van der Waals surface area (Å²) >= 11 is 0. The van der Waals surface area contributed by atoms with Gasteiger partial charge in [0, 0.05) is 37.2 Å². The highest BCUT2D eigenvalue weighted by molar-refractivity contribution is 5.94. The number of para-hydroxylation sites is 1. The molecule has 1 amide bonds. The van der Waals surface area contributed by atoms with Crippen molar-refractivity contribution in [2.45, 2.75) is 121 Å². The fourth-order valence-electron chi connectivity index (χ4n) is 4.21. The van der Waals surface area contributed by atoms with Crippen molar-refractivity contribution in [3.63, 3.8) is 0 Å². The highest BCUT2D eigenvalue weighted by Gasteiger charge is 2.23. The van der Waals surface area contributed by atoms with Gasteiger partial charge in [-0.05, 0) is 75.0 Å². The van der Waals surface area contributed by atoms with Crippen molar-refractivity contribution in [2.75, 3.05) is 18.9 Å². The molecule has 0 heterocycles. The van der Waals surface area contributed by atoms with Crippen LogP contribution in [0.3, 0.4) is 0 Å². The predicted octanol–water partition coefficient (Wildman–Crippen LogP) is 10.9. The van der Waals surface area contributed by atoms with Crippen LogP contribution in [0.15, 0.2) is 55.1 Å². The Hall–Kier alpha value is -3.06. The van der Waals surface area contributed by atoms with Crippen LogP contribution < -0.4 is 10.6 Å². The molecule has 3 atom stereocenters. The normalized spacial score (nSPS) is 12.6. The summed E-state index contributed by atoms with van der Waals surface area (Å²) in [6, 6.07) is 7.92. The Morgan fingerprint density at radius 2 is 1.61 bits per heavy atom. The van der Waals surface area contributed by atoms with E-state index >= 15 is 0 Å². The van der Waals surface area contributed by atoms with E-state index in [0.29, 0.717) is 30.2 Å². The van der Waals surface area contributed by atoms with Gasteiger partial charge in [-0.3, -0.25) is 9.59 Å². The van der Waals surface area contributed by atoms with Gasteiger partial charge in [0.2, 0.25) is 5.91 Å². The summed E-state index contributed by atoms with van der Waals surface area (Å²) in [4.78, 5) is 25.4. The van der Waals surface area contributed by atoms with E-state index in [-0.39, 0.29) is 18.1 Å². The molecular formula is C40H68N2O2. The van der Waals surface area contributed by atoms with Crippen LogP contribution in [0.5, 0.6) is 0 Å². The van der Waals surface area contributed by atoms with Gasteiger partial charge in [0.1, 0.15) is 0 Å². The first-order valence-electron chi connectivity index (χ1n) is 16.7. The number of hydrogen-bond acceptors (Lipinski definition) is 3. The van der Waals surface area contributed by atoms with Crippen LogP contribution in [-0.4, -0.2) is 25.3 Å². The lowest BCUT2D eigenvalue weighted by Crippen LogP contribution is -2.35. The number of benzene rings is 1. The predicted molar refractivity (Wildman–Crippen MR) is 198 cm³/mol. The highest BCUT2D eigenvalue weighted by atomic mass is 16.2. The van der Waals surface area contributed by atoms with Gasteiger partial charge < -0.3 is 10.6 Å². The van der Waals surface area contributed by atoms with Crippen molar-refractivity contribution >= 4 is 23.0 Å². The molecule has 0 aromatic heterocycles. The molecule has 3 unspecified atom stereocenters. The van der Waals surface area contributed by atoms with Crippen LogP contribution in [0, 0.1) is 35.5 Å². The molecule has 4 heteroatoms. The summed E-state index contributed by atoms with van der Waals surface area (Å²) in [6.45, 7) is 27.8. The van der Waals surface area contributed by atoms with E-state index in [9.17, 15) is 9.59 Å². The van der Waals surface area contributed by atoms with Gasteiger partial charge in [-0.25, -0.2) is 0 Å². The number of anilines is 1. The van der Waals surface area contributed by atoms with Crippen molar-refractivity contribution in [3.05, 3.63) is 60.7 Å². The maximum Gasteiger partial charge on any atom is 0.223 e. The molecule has 1 rings (SSSR count). The number of terminal acetylenes is 1. The molecule has 0 spiro atoms. The van der Waals surface area contributed by atoms with E-state index < -0.39 is 5.92 Å².